The van der Waals surface area contributed by atoms with Crippen LogP contribution in [0.5, 0.6) is 0 Å². The summed E-state index contributed by atoms with van der Waals surface area (Å²) in [5, 5.41) is 12.0. The van der Waals surface area contributed by atoms with E-state index in [1.165, 1.54) is 0 Å². The number of hydrogen-bond donors (Lipinski definition) is 2. The summed E-state index contributed by atoms with van der Waals surface area (Å²) >= 11 is 0. The molecule has 1 aliphatic carbocycles. The number of carboxylic acids is 1. The maximum absolute atomic E-state index is 10.8. The van der Waals surface area contributed by atoms with Gasteiger partial charge in [-0.1, -0.05) is 0 Å². The standard InChI is InChI=1S/C10H19NO3/c1-3-14-7(2)6-11-9(10(12)13)8-4-5-8/h7-9,11H,3-6H2,1-2H3,(H,12,13). The van der Waals surface area contributed by atoms with Crippen LogP contribution in [0.2, 0.25) is 0 Å². The fourth-order valence-electron chi connectivity index (χ4n) is 1.52. The van der Waals surface area contributed by atoms with Gasteiger partial charge in [-0.15, -0.1) is 0 Å². The molecule has 0 spiro atoms. The van der Waals surface area contributed by atoms with Gasteiger partial charge >= 0.3 is 5.97 Å². The van der Waals surface area contributed by atoms with Crippen molar-refractivity contribution in [3.05, 3.63) is 0 Å². The highest BCUT2D eigenvalue weighted by Gasteiger charge is 2.35. The van der Waals surface area contributed by atoms with Gasteiger partial charge in [0.2, 0.25) is 0 Å². The number of carbonyl (C=O) groups is 1. The number of hydrogen-bond acceptors (Lipinski definition) is 3. The van der Waals surface area contributed by atoms with Crippen LogP contribution in [0.4, 0.5) is 0 Å². The molecule has 0 bridgehead atoms. The zero-order valence-corrected chi connectivity index (χ0v) is 8.82. The van der Waals surface area contributed by atoms with E-state index in [9.17, 15) is 4.79 Å². The lowest BCUT2D eigenvalue weighted by atomic mass is 10.2. The van der Waals surface area contributed by atoms with Gasteiger partial charge in [0, 0.05) is 13.2 Å². The molecule has 0 amide bonds. The molecule has 1 fully saturated rings. The number of rotatable bonds is 7. The average molecular weight is 201 g/mol. The van der Waals surface area contributed by atoms with Gasteiger partial charge in [0.25, 0.3) is 0 Å². The van der Waals surface area contributed by atoms with Crippen LogP contribution in [-0.2, 0) is 9.53 Å². The molecule has 14 heavy (non-hydrogen) atoms. The fourth-order valence-corrected chi connectivity index (χ4v) is 1.52. The van der Waals surface area contributed by atoms with Gasteiger partial charge in [-0.05, 0) is 32.6 Å². The molecule has 1 saturated carbocycles. The Morgan fingerprint density at radius 2 is 2.29 bits per heavy atom. The van der Waals surface area contributed by atoms with Crippen molar-refractivity contribution in [3.8, 4) is 0 Å². The van der Waals surface area contributed by atoms with Crippen LogP contribution in [-0.4, -0.2) is 36.4 Å². The molecule has 0 radical (unpaired) electrons. The first-order chi connectivity index (χ1) is 6.65. The van der Waals surface area contributed by atoms with Gasteiger partial charge in [-0.2, -0.15) is 0 Å². The Hall–Kier alpha value is -0.610. The first-order valence-electron chi connectivity index (χ1n) is 5.23. The highest BCUT2D eigenvalue weighted by atomic mass is 16.5. The molecule has 82 valence electrons. The van der Waals surface area contributed by atoms with Gasteiger partial charge in [0.05, 0.1) is 6.10 Å². The average Bonchev–Trinajstić information content (AvgIpc) is 2.88. The Morgan fingerprint density at radius 1 is 1.64 bits per heavy atom. The number of carboxylic acid groups (broad SMARTS) is 1. The molecule has 4 heteroatoms. The van der Waals surface area contributed by atoms with E-state index >= 15 is 0 Å². The van der Waals surface area contributed by atoms with Crippen LogP contribution in [0, 0.1) is 5.92 Å². The maximum atomic E-state index is 10.8. The Morgan fingerprint density at radius 3 is 2.71 bits per heavy atom. The van der Waals surface area contributed by atoms with E-state index < -0.39 is 5.97 Å². The van der Waals surface area contributed by atoms with Crippen molar-refractivity contribution < 1.29 is 14.6 Å². The molecule has 1 rings (SSSR count). The molecule has 0 heterocycles. The van der Waals surface area contributed by atoms with Crippen molar-refractivity contribution >= 4 is 5.97 Å². The van der Waals surface area contributed by atoms with E-state index in [1.807, 2.05) is 13.8 Å². The maximum Gasteiger partial charge on any atom is 0.320 e. The SMILES string of the molecule is CCOC(C)CNC(C(=O)O)C1CC1. The van der Waals surface area contributed by atoms with Crippen LogP contribution in [0.15, 0.2) is 0 Å². The second-order valence-corrected chi connectivity index (χ2v) is 3.83. The third kappa shape index (κ3) is 3.64. The summed E-state index contributed by atoms with van der Waals surface area (Å²) in [6.45, 7) is 5.17. The summed E-state index contributed by atoms with van der Waals surface area (Å²) in [5.74, 6) is -0.405. The molecule has 0 aromatic rings. The van der Waals surface area contributed by atoms with E-state index in [0.29, 0.717) is 19.1 Å². The zero-order chi connectivity index (χ0) is 10.6. The number of ether oxygens (including phenoxy) is 1. The largest absolute Gasteiger partial charge is 0.480 e. The first kappa shape index (κ1) is 11.5. The van der Waals surface area contributed by atoms with Crippen LogP contribution >= 0.6 is 0 Å². The van der Waals surface area contributed by atoms with Crippen LogP contribution in [0.1, 0.15) is 26.7 Å². The highest BCUT2D eigenvalue weighted by Crippen LogP contribution is 2.32. The molecule has 0 aromatic carbocycles. The summed E-state index contributed by atoms with van der Waals surface area (Å²) in [6, 6.07) is -0.377. The van der Waals surface area contributed by atoms with Crippen molar-refractivity contribution in [2.24, 2.45) is 5.92 Å². The molecule has 2 N–H and O–H groups in total. The van der Waals surface area contributed by atoms with E-state index in [0.717, 1.165) is 12.8 Å². The van der Waals surface area contributed by atoms with Gasteiger partial charge in [0.1, 0.15) is 6.04 Å². The number of aliphatic carboxylic acids is 1. The molecule has 1 aliphatic rings. The summed E-state index contributed by atoms with van der Waals surface area (Å²) in [4.78, 5) is 10.8. The van der Waals surface area contributed by atoms with Crippen molar-refractivity contribution in [1.29, 1.82) is 0 Å². The molecule has 4 nitrogen and oxygen atoms in total. The van der Waals surface area contributed by atoms with Crippen molar-refractivity contribution in [2.75, 3.05) is 13.2 Å². The van der Waals surface area contributed by atoms with Crippen molar-refractivity contribution in [2.45, 2.75) is 38.8 Å². The summed E-state index contributed by atoms with van der Waals surface area (Å²) in [5.41, 5.74) is 0. The van der Waals surface area contributed by atoms with Gasteiger partial charge in [-0.25, -0.2) is 0 Å². The second kappa shape index (κ2) is 5.32. The predicted octanol–water partition coefficient (Wildman–Crippen LogP) is 0.864. The molecule has 2 unspecified atom stereocenters. The lowest BCUT2D eigenvalue weighted by Crippen LogP contribution is -2.42. The van der Waals surface area contributed by atoms with Crippen molar-refractivity contribution in [3.63, 3.8) is 0 Å². The van der Waals surface area contributed by atoms with Crippen LogP contribution in [0.25, 0.3) is 0 Å². The molecular weight excluding hydrogens is 182 g/mol. The molecule has 0 saturated heterocycles. The van der Waals surface area contributed by atoms with E-state index in [4.69, 9.17) is 9.84 Å². The normalized spacial score (nSPS) is 20.4. The monoisotopic (exact) mass is 201 g/mol. The first-order valence-corrected chi connectivity index (χ1v) is 5.23. The minimum atomic E-state index is -0.740. The van der Waals surface area contributed by atoms with E-state index in [2.05, 4.69) is 5.32 Å². The minimum absolute atomic E-state index is 0.0839. The number of nitrogens with one attached hydrogen (secondary N) is 1. The molecule has 0 aliphatic heterocycles. The van der Waals surface area contributed by atoms with Gasteiger partial charge in [0.15, 0.2) is 0 Å². The van der Waals surface area contributed by atoms with Gasteiger partial charge in [-0.3, -0.25) is 4.79 Å². The molecular formula is C10H19NO3. The molecule has 0 aromatic heterocycles. The topological polar surface area (TPSA) is 58.6 Å². The van der Waals surface area contributed by atoms with E-state index in [-0.39, 0.29) is 12.1 Å². The lowest BCUT2D eigenvalue weighted by molar-refractivity contribution is -0.140. The van der Waals surface area contributed by atoms with Crippen molar-refractivity contribution in [1.82, 2.24) is 5.32 Å². The third-order valence-electron chi connectivity index (χ3n) is 2.44. The summed E-state index contributed by atoms with van der Waals surface area (Å²) in [6.07, 6.45) is 2.15. The van der Waals surface area contributed by atoms with Gasteiger partial charge < -0.3 is 15.2 Å². The summed E-state index contributed by atoms with van der Waals surface area (Å²) < 4.78 is 5.32. The molecule has 2 atom stereocenters. The third-order valence-corrected chi connectivity index (χ3v) is 2.44. The second-order valence-electron chi connectivity index (χ2n) is 3.83. The highest BCUT2D eigenvalue weighted by molar-refractivity contribution is 5.74. The quantitative estimate of drug-likeness (QED) is 0.641. The Balaban J connectivity index is 2.22. The Kier molecular flexibility index (Phi) is 4.35. The Labute approximate surface area is 84.6 Å². The lowest BCUT2D eigenvalue weighted by Gasteiger charge is -2.17. The zero-order valence-electron chi connectivity index (χ0n) is 8.82. The van der Waals surface area contributed by atoms with Crippen LogP contribution < -0.4 is 5.32 Å². The smallest absolute Gasteiger partial charge is 0.320 e. The van der Waals surface area contributed by atoms with E-state index in [1.54, 1.807) is 0 Å². The predicted molar refractivity (Wildman–Crippen MR) is 53.2 cm³/mol. The Bertz CT molecular complexity index is 192. The van der Waals surface area contributed by atoms with Crippen LogP contribution in [0.3, 0.4) is 0 Å². The fraction of sp³-hybridized carbons (Fsp3) is 0.900. The summed E-state index contributed by atoms with van der Waals surface area (Å²) in [7, 11) is 0. The minimum Gasteiger partial charge on any atom is -0.480 e.